The number of carbonyl (C=O) groups is 3. The van der Waals surface area contributed by atoms with Crippen molar-refractivity contribution in [3.63, 3.8) is 0 Å². The van der Waals surface area contributed by atoms with Gasteiger partial charge in [0, 0.05) is 30.9 Å². The van der Waals surface area contributed by atoms with Crippen molar-refractivity contribution < 1.29 is 14.4 Å². The molecule has 0 fully saturated rings. The summed E-state index contributed by atoms with van der Waals surface area (Å²) in [6.07, 6.45) is 0. The standard InChI is InChI=1S/C16H24N4O3/c1-4-17-14(21)11-18-16(23)19-13-9-7-8-12(10-13)15(22)20(5-2)6-3/h7-10H,4-6,11H2,1-3H3,(H,17,21)(H2,18,19,23). The summed E-state index contributed by atoms with van der Waals surface area (Å²) < 4.78 is 0. The molecule has 0 heterocycles. The van der Waals surface area contributed by atoms with Crippen molar-refractivity contribution in [2.75, 3.05) is 31.5 Å². The molecule has 4 amide bonds. The molecule has 7 heteroatoms. The lowest BCUT2D eigenvalue weighted by atomic mass is 10.1. The highest BCUT2D eigenvalue weighted by Crippen LogP contribution is 2.12. The number of hydrogen-bond acceptors (Lipinski definition) is 3. The maximum atomic E-state index is 12.3. The predicted molar refractivity (Wildman–Crippen MR) is 89.4 cm³/mol. The van der Waals surface area contributed by atoms with Gasteiger partial charge >= 0.3 is 6.03 Å². The number of anilines is 1. The molecule has 0 atom stereocenters. The van der Waals surface area contributed by atoms with Gasteiger partial charge in [0.1, 0.15) is 0 Å². The Hall–Kier alpha value is -2.57. The van der Waals surface area contributed by atoms with Crippen molar-refractivity contribution in [1.82, 2.24) is 15.5 Å². The molecule has 1 rings (SSSR count). The van der Waals surface area contributed by atoms with E-state index >= 15 is 0 Å². The Labute approximate surface area is 136 Å². The second-order valence-electron chi connectivity index (χ2n) is 4.82. The molecule has 126 valence electrons. The lowest BCUT2D eigenvalue weighted by molar-refractivity contribution is -0.119. The van der Waals surface area contributed by atoms with Crippen LogP contribution in [0.1, 0.15) is 31.1 Å². The van der Waals surface area contributed by atoms with Crippen LogP contribution >= 0.6 is 0 Å². The number of likely N-dealkylation sites (N-methyl/N-ethyl adjacent to an activating group) is 1. The summed E-state index contributed by atoms with van der Waals surface area (Å²) in [6.45, 7) is 7.29. The molecule has 23 heavy (non-hydrogen) atoms. The van der Waals surface area contributed by atoms with Crippen LogP contribution in [0.25, 0.3) is 0 Å². The molecule has 0 bridgehead atoms. The molecule has 0 aromatic heterocycles. The van der Waals surface area contributed by atoms with Gasteiger partial charge in [-0.1, -0.05) is 6.07 Å². The monoisotopic (exact) mass is 320 g/mol. The molecule has 0 saturated heterocycles. The van der Waals surface area contributed by atoms with Crippen LogP contribution in [0, 0.1) is 0 Å². The number of nitrogens with one attached hydrogen (secondary N) is 3. The van der Waals surface area contributed by atoms with E-state index in [-0.39, 0.29) is 18.4 Å². The summed E-state index contributed by atoms with van der Waals surface area (Å²) in [5, 5.41) is 7.64. The number of carbonyl (C=O) groups excluding carboxylic acids is 3. The third kappa shape index (κ3) is 5.98. The van der Waals surface area contributed by atoms with Crippen LogP contribution in [-0.2, 0) is 4.79 Å². The van der Waals surface area contributed by atoms with E-state index in [2.05, 4.69) is 16.0 Å². The molecule has 0 radical (unpaired) electrons. The van der Waals surface area contributed by atoms with Gasteiger partial charge < -0.3 is 20.9 Å². The van der Waals surface area contributed by atoms with Crippen LogP contribution in [0.15, 0.2) is 24.3 Å². The first kappa shape index (κ1) is 18.5. The normalized spacial score (nSPS) is 9.87. The zero-order chi connectivity index (χ0) is 17.2. The fourth-order valence-electron chi connectivity index (χ4n) is 2.02. The zero-order valence-electron chi connectivity index (χ0n) is 13.8. The number of amides is 4. The van der Waals surface area contributed by atoms with Gasteiger partial charge in [0.25, 0.3) is 5.91 Å². The summed E-state index contributed by atoms with van der Waals surface area (Å²) in [4.78, 5) is 37.0. The first-order valence-electron chi connectivity index (χ1n) is 7.72. The second-order valence-corrected chi connectivity index (χ2v) is 4.82. The molecule has 0 aliphatic heterocycles. The highest BCUT2D eigenvalue weighted by molar-refractivity contribution is 5.97. The molecule has 0 aliphatic carbocycles. The summed E-state index contributed by atoms with van der Waals surface area (Å²) in [5.74, 6) is -0.338. The molecule has 0 aliphatic rings. The average molecular weight is 320 g/mol. The molecule has 0 unspecified atom stereocenters. The highest BCUT2D eigenvalue weighted by atomic mass is 16.2. The summed E-state index contributed by atoms with van der Waals surface area (Å²) >= 11 is 0. The van der Waals surface area contributed by atoms with Crippen LogP contribution < -0.4 is 16.0 Å². The number of urea groups is 1. The number of nitrogens with zero attached hydrogens (tertiary/aromatic N) is 1. The largest absolute Gasteiger partial charge is 0.355 e. The quantitative estimate of drug-likeness (QED) is 0.710. The molecular formula is C16H24N4O3. The Kier molecular flexibility index (Phi) is 7.59. The van der Waals surface area contributed by atoms with E-state index in [0.29, 0.717) is 30.9 Å². The van der Waals surface area contributed by atoms with Crippen molar-refractivity contribution in [3.05, 3.63) is 29.8 Å². The van der Waals surface area contributed by atoms with Gasteiger partial charge in [-0.15, -0.1) is 0 Å². The van der Waals surface area contributed by atoms with Crippen molar-refractivity contribution >= 4 is 23.5 Å². The van der Waals surface area contributed by atoms with E-state index in [1.807, 2.05) is 13.8 Å². The Balaban J connectivity index is 2.65. The van der Waals surface area contributed by atoms with E-state index in [1.165, 1.54) is 0 Å². The molecule has 1 aromatic rings. The Morgan fingerprint density at radius 1 is 1.04 bits per heavy atom. The van der Waals surface area contributed by atoms with Crippen LogP contribution in [0.2, 0.25) is 0 Å². The maximum absolute atomic E-state index is 12.3. The van der Waals surface area contributed by atoms with Gasteiger partial charge in [-0.3, -0.25) is 9.59 Å². The van der Waals surface area contributed by atoms with Crippen LogP contribution in [0.5, 0.6) is 0 Å². The lowest BCUT2D eigenvalue weighted by Gasteiger charge is -2.19. The van der Waals surface area contributed by atoms with E-state index in [9.17, 15) is 14.4 Å². The first-order valence-corrected chi connectivity index (χ1v) is 7.72. The van der Waals surface area contributed by atoms with Gasteiger partial charge in [-0.2, -0.15) is 0 Å². The third-order valence-electron chi connectivity index (χ3n) is 3.20. The Morgan fingerprint density at radius 3 is 2.35 bits per heavy atom. The van der Waals surface area contributed by atoms with Gasteiger partial charge in [-0.05, 0) is 39.0 Å². The van der Waals surface area contributed by atoms with E-state index in [0.717, 1.165) is 0 Å². The van der Waals surface area contributed by atoms with Crippen molar-refractivity contribution in [2.45, 2.75) is 20.8 Å². The Morgan fingerprint density at radius 2 is 1.74 bits per heavy atom. The van der Waals surface area contributed by atoms with Crippen molar-refractivity contribution in [1.29, 1.82) is 0 Å². The van der Waals surface area contributed by atoms with E-state index in [1.54, 1.807) is 36.1 Å². The number of benzene rings is 1. The molecular weight excluding hydrogens is 296 g/mol. The third-order valence-corrected chi connectivity index (χ3v) is 3.20. The summed E-state index contributed by atoms with van der Waals surface area (Å²) in [7, 11) is 0. The van der Waals surface area contributed by atoms with Crippen LogP contribution in [-0.4, -0.2) is 48.9 Å². The van der Waals surface area contributed by atoms with Crippen LogP contribution in [0.4, 0.5) is 10.5 Å². The van der Waals surface area contributed by atoms with Gasteiger partial charge in [-0.25, -0.2) is 4.79 Å². The van der Waals surface area contributed by atoms with E-state index < -0.39 is 6.03 Å². The molecule has 1 aromatic carbocycles. The van der Waals surface area contributed by atoms with Crippen molar-refractivity contribution in [3.8, 4) is 0 Å². The van der Waals surface area contributed by atoms with E-state index in [4.69, 9.17) is 0 Å². The topological polar surface area (TPSA) is 90.5 Å². The summed E-state index contributed by atoms with van der Waals surface area (Å²) in [6, 6.07) is 6.22. The average Bonchev–Trinajstić information content (AvgIpc) is 2.54. The molecule has 3 N–H and O–H groups in total. The number of hydrogen-bond donors (Lipinski definition) is 3. The molecule has 0 spiro atoms. The smallest absolute Gasteiger partial charge is 0.319 e. The fourth-order valence-corrected chi connectivity index (χ4v) is 2.02. The first-order chi connectivity index (χ1) is 11.0. The highest BCUT2D eigenvalue weighted by Gasteiger charge is 2.13. The van der Waals surface area contributed by atoms with Gasteiger partial charge in [0.15, 0.2) is 0 Å². The number of rotatable bonds is 7. The predicted octanol–water partition coefficient (Wildman–Crippen LogP) is 1.43. The van der Waals surface area contributed by atoms with Crippen molar-refractivity contribution in [2.24, 2.45) is 0 Å². The minimum Gasteiger partial charge on any atom is -0.355 e. The van der Waals surface area contributed by atoms with Gasteiger partial charge in [0.2, 0.25) is 5.91 Å². The Bertz CT molecular complexity index is 556. The minimum absolute atomic E-state index is 0.0821. The van der Waals surface area contributed by atoms with Crippen LogP contribution in [0.3, 0.4) is 0 Å². The summed E-state index contributed by atoms with van der Waals surface area (Å²) in [5.41, 5.74) is 1.01. The fraction of sp³-hybridized carbons (Fsp3) is 0.438. The zero-order valence-corrected chi connectivity index (χ0v) is 13.8. The second kappa shape index (κ2) is 9.45. The molecule has 7 nitrogen and oxygen atoms in total. The SMILES string of the molecule is CCNC(=O)CNC(=O)Nc1cccc(C(=O)N(CC)CC)c1. The van der Waals surface area contributed by atoms with Gasteiger partial charge in [0.05, 0.1) is 6.54 Å². The minimum atomic E-state index is -0.497. The lowest BCUT2D eigenvalue weighted by Crippen LogP contribution is -2.38. The maximum Gasteiger partial charge on any atom is 0.319 e. The molecule has 0 saturated carbocycles.